The molecule has 1 aliphatic heterocycles. The van der Waals surface area contributed by atoms with Gasteiger partial charge in [-0.3, -0.25) is 4.90 Å². The van der Waals surface area contributed by atoms with Crippen LogP contribution in [0.2, 0.25) is 0 Å². The molecule has 1 fully saturated rings. The van der Waals surface area contributed by atoms with Crippen LogP contribution in [0.15, 0.2) is 28.8 Å². The summed E-state index contributed by atoms with van der Waals surface area (Å²) in [4.78, 5) is 6.63. The molecule has 136 valence electrons. The molecule has 0 N–H and O–H groups in total. The summed E-state index contributed by atoms with van der Waals surface area (Å²) in [5, 5.41) is 4.07. The van der Waals surface area contributed by atoms with E-state index in [4.69, 9.17) is 4.52 Å². The normalized spacial score (nSPS) is 17.5. The van der Waals surface area contributed by atoms with Crippen LogP contribution >= 0.6 is 0 Å². The van der Waals surface area contributed by atoms with E-state index in [2.05, 4.69) is 34.1 Å². The Hall–Kier alpha value is -1.77. The maximum Gasteiger partial charge on any atom is 0.241 e. The number of aryl methyl sites for hydroxylation is 1. The highest BCUT2D eigenvalue weighted by Crippen LogP contribution is 2.18. The molecule has 0 amide bonds. The molecule has 8 heteroatoms. The first-order chi connectivity index (χ1) is 12.0. The highest BCUT2D eigenvalue weighted by molar-refractivity contribution is 7.88. The monoisotopic (exact) mass is 364 g/mol. The van der Waals surface area contributed by atoms with Crippen LogP contribution in [0.3, 0.4) is 0 Å². The van der Waals surface area contributed by atoms with Gasteiger partial charge in [0.05, 0.1) is 12.8 Å². The molecule has 0 spiro atoms. The molecule has 0 radical (unpaired) electrons. The van der Waals surface area contributed by atoms with Crippen molar-refractivity contribution in [2.24, 2.45) is 0 Å². The lowest BCUT2D eigenvalue weighted by atomic mass is 10.1. The van der Waals surface area contributed by atoms with E-state index in [1.54, 1.807) is 0 Å². The van der Waals surface area contributed by atoms with Crippen LogP contribution in [0.4, 0.5) is 0 Å². The predicted octanol–water partition coefficient (Wildman–Crippen LogP) is 1.77. The number of sulfonamides is 1. The minimum Gasteiger partial charge on any atom is -0.338 e. The molecule has 0 bridgehead atoms. The quantitative estimate of drug-likeness (QED) is 0.804. The van der Waals surface area contributed by atoms with Crippen molar-refractivity contribution >= 4 is 10.0 Å². The van der Waals surface area contributed by atoms with Crippen LogP contribution < -0.4 is 0 Å². The summed E-state index contributed by atoms with van der Waals surface area (Å²) in [6.07, 6.45) is 3.06. The molecule has 2 heterocycles. The Labute approximate surface area is 148 Å². The molecule has 1 aromatic carbocycles. The van der Waals surface area contributed by atoms with Gasteiger partial charge in [0.2, 0.25) is 21.7 Å². The van der Waals surface area contributed by atoms with E-state index in [1.807, 2.05) is 12.1 Å². The fraction of sp³-hybridized carbons (Fsp3) is 0.529. The van der Waals surface area contributed by atoms with Crippen LogP contribution in [-0.2, 0) is 23.0 Å². The molecular weight excluding hydrogens is 340 g/mol. The zero-order chi connectivity index (χ0) is 17.9. The molecule has 1 aromatic heterocycles. The number of aromatic nitrogens is 2. The van der Waals surface area contributed by atoms with Crippen molar-refractivity contribution < 1.29 is 12.9 Å². The van der Waals surface area contributed by atoms with E-state index in [-0.39, 0.29) is 0 Å². The molecule has 0 saturated carbocycles. The third kappa shape index (κ3) is 4.65. The second kappa shape index (κ2) is 7.63. The first kappa shape index (κ1) is 18.0. The fourth-order valence-electron chi connectivity index (χ4n) is 2.95. The smallest absolute Gasteiger partial charge is 0.241 e. The Morgan fingerprint density at radius 2 is 1.88 bits per heavy atom. The summed E-state index contributed by atoms with van der Waals surface area (Å²) >= 11 is 0. The van der Waals surface area contributed by atoms with E-state index >= 15 is 0 Å². The number of hydrogen-bond donors (Lipinski definition) is 0. The molecule has 7 nitrogen and oxygen atoms in total. The molecule has 0 aliphatic carbocycles. The summed E-state index contributed by atoms with van der Waals surface area (Å²) in [7, 11) is -3.13. The summed E-state index contributed by atoms with van der Waals surface area (Å²) in [5.41, 5.74) is 2.21. The average molecular weight is 364 g/mol. The van der Waals surface area contributed by atoms with Gasteiger partial charge in [0.15, 0.2) is 0 Å². The van der Waals surface area contributed by atoms with Crippen LogP contribution in [0.1, 0.15) is 24.8 Å². The highest BCUT2D eigenvalue weighted by Gasteiger charge is 2.22. The largest absolute Gasteiger partial charge is 0.338 e. The van der Waals surface area contributed by atoms with Crippen LogP contribution in [0.5, 0.6) is 0 Å². The Kier molecular flexibility index (Phi) is 5.51. The minimum atomic E-state index is -3.13. The maximum atomic E-state index is 11.7. The second-order valence-corrected chi connectivity index (χ2v) is 8.34. The molecule has 1 saturated heterocycles. The lowest BCUT2D eigenvalue weighted by Gasteiger charge is -2.18. The van der Waals surface area contributed by atoms with Crippen molar-refractivity contribution in [2.75, 3.05) is 32.4 Å². The second-order valence-electron chi connectivity index (χ2n) is 6.35. The van der Waals surface area contributed by atoms with Gasteiger partial charge in [-0.2, -0.15) is 4.98 Å². The Morgan fingerprint density at radius 3 is 2.56 bits per heavy atom. The number of rotatable bonds is 5. The summed E-state index contributed by atoms with van der Waals surface area (Å²) in [6, 6.07) is 8.15. The zero-order valence-corrected chi connectivity index (χ0v) is 15.5. The first-order valence-corrected chi connectivity index (χ1v) is 10.4. The van der Waals surface area contributed by atoms with Gasteiger partial charge in [-0.25, -0.2) is 12.7 Å². The van der Waals surface area contributed by atoms with Gasteiger partial charge in [0.1, 0.15) is 0 Å². The van der Waals surface area contributed by atoms with Crippen LogP contribution in [0.25, 0.3) is 11.4 Å². The topological polar surface area (TPSA) is 79.5 Å². The molecule has 1 aliphatic rings. The van der Waals surface area contributed by atoms with E-state index in [0.717, 1.165) is 24.9 Å². The SMILES string of the molecule is CCc1ccc(-c2noc(CN3CCCN(S(C)(=O)=O)CC3)n2)cc1. The summed E-state index contributed by atoms with van der Waals surface area (Å²) < 4.78 is 30.3. The van der Waals surface area contributed by atoms with Gasteiger partial charge in [0, 0.05) is 25.2 Å². The average Bonchev–Trinajstić information content (AvgIpc) is 2.91. The van der Waals surface area contributed by atoms with Crippen molar-refractivity contribution in [1.82, 2.24) is 19.3 Å². The molecular formula is C17H24N4O3S. The van der Waals surface area contributed by atoms with Gasteiger partial charge in [-0.1, -0.05) is 36.3 Å². The highest BCUT2D eigenvalue weighted by atomic mass is 32.2. The van der Waals surface area contributed by atoms with Crippen molar-refractivity contribution in [1.29, 1.82) is 0 Å². The molecule has 25 heavy (non-hydrogen) atoms. The summed E-state index contributed by atoms with van der Waals surface area (Å²) in [6.45, 7) is 5.20. The number of hydrogen-bond acceptors (Lipinski definition) is 6. The standard InChI is InChI=1S/C17H24N4O3S/c1-3-14-5-7-15(8-6-14)17-18-16(24-19-17)13-20-9-4-10-21(12-11-20)25(2,22)23/h5-8H,3-4,9-13H2,1-2H3. The van der Waals surface area contributed by atoms with Crippen molar-refractivity contribution in [3.8, 4) is 11.4 Å². The van der Waals surface area contributed by atoms with Gasteiger partial charge in [-0.05, 0) is 24.9 Å². The van der Waals surface area contributed by atoms with Gasteiger partial charge in [-0.15, -0.1) is 0 Å². The maximum absolute atomic E-state index is 11.7. The van der Waals surface area contributed by atoms with Crippen molar-refractivity contribution in [3.63, 3.8) is 0 Å². The lowest BCUT2D eigenvalue weighted by Crippen LogP contribution is -2.34. The van der Waals surface area contributed by atoms with Gasteiger partial charge in [0.25, 0.3) is 0 Å². The third-order valence-corrected chi connectivity index (χ3v) is 5.77. The Morgan fingerprint density at radius 1 is 1.12 bits per heavy atom. The van der Waals surface area contributed by atoms with Gasteiger partial charge >= 0.3 is 0 Å². The Bertz CT molecular complexity index is 802. The lowest BCUT2D eigenvalue weighted by molar-refractivity contribution is 0.236. The minimum absolute atomic E-state index is 0.498. The van der Waals surface area contributed by atoms with Gasteiger partial charge < -0.3 is 4.52 Å². The number of nitrogens with zero attached hydrogens (tertiary/aromatic N) is 4. The Balaban J connectivity index is 1.63. The van der Waals surface area contributed by atoms with E-state index < -0.39 is 10.0 Å². The predicted molar refractivity (Wildman–Crippen MR) is 95.4 cm³/mol. The molecule has 3 rings (SSSR count). The van der Waals surface area contributed by atoms with E-state index in [9.17, 15) is 8.42 Å². The van der Waals surface area contributed by atoms with E-state index in [1.165, 1.54) is 16.1 Å². The zero-order valence-electron chi connectivity index (χ0n) is 14.7. The molecule has 2 aromatic rings. The first-order valence-electron chi connectivity index (χ1n) is 8.55. The van der Waals surface area contributed by atoms with Crippen LogP contribution in [0, 0.1) is 0 Å². The van der Waals surface area contributed by atoms with Crippen molar-refractivity contribution in [3.05, 3.63) is 35.7 Å². The van der Waals surface area contributed by atoms with E-state index in [0.29, 0.717) is 37.9 Å². The molecule has 0 atom stereocenters. The summed E-state index contributed by atoms with van der Waals surface area (Å²) in [5.74, 6) is 1.15. The third-order valence-electron chi connectivity index (χ3n) is 4.46. The van der Waals surface area contributed by atoms with Crippen molar-refractivity contribution in [2.45, 2.75) is 26.3 Å². The van der Waals surface area contributed by atoms with Crippen LogP contribution in [-0.4, -0.2) is 60.2 Å². The molecule has 0 unspecified atom stereocenters. The fourth-order valence-corrected chi connectivity index (χ4v) is 3.83. The number of benzene rings is 1.